The molecule has 0 heterocycles. The van der Waals surface area contributed by atoms with Crippen LogP contribution in [-0.4, -0.2) is 26.7 Å². The third kappa shape index (κ3) is 4.68. The number of anilines is 2. The van der Waals surface area contributed by atoms with Crippen molar-refractivity contribution in [3.63, 3.8) is 0 Å². The van der Waals surface area contributed by atoms with E-state index in [0.29, 0.717) is 27.2 Å². The van der Waals surface area contributed by atoms with E-state index in [4.69, 9.17) is 32.7 Å². The van der Waals surface area contributed by atoms with Crippen LogP contribution in [0.15, 0.2) is 36.4 Å². The Balaban J connectivity index is 1.96. The lowest BCUT2D eigenvalue weighted by atomic mass is 10.2. The van der Waals surface area contributed by atoms with Gasteiger partial charge in [-0.15, -0.1) is 0 Å². The van der Waals surface area contributed by atoms with Gasteiger partial charge in [-0.1, -0.05) is 23.2 Å². The van der Waals surface area contributed by atoms with E-state index < -0.39 is 0 Å². The van der Waals surface area contributed by atoms with Crippen molar-refractivity contribution in [3.05, 3.63) is 46.4 Å². The van der Waals surface area contributed by atoms with Gasteiger partial charge in [0, 0.05) is 16.8 Å². The zero-order chi connectivity index (χ0) is 16.8. The molecule has 0 bridgehead atoms. The smallest absolute Gasteiger partial charge is 0.243 e. The molecular weight excluding hydrogens is 339 g/mol. The lowest BCUT2D eigenvalue weighted by Gasteiger charge is -2.12. The normalized spacial score (nSPS) is 10.1. The topological polar surface area (TPSA) is 59.6 Å². The fourth-order valence-corrected chi connectivity index (χ4v) is 2.37. The molecule has 23 heavy (non-hydrogen) atoms. The van der Waals surface area contributed by atoms with Gasteiger partial charge in [-0.05, 0) is 30.3 Å². The van der Waals surface area contributed by atoms with Crippen LogP contribution in [0.25, 0.3) is 0 Å². The van der Waals surface area contributed by atoms with E-state index in [1.54, 1.807) is 50.6 Å². The van der Waals surface area contributed by atoms with Crippen LogP contribution in [0.3, 0.4) is 0 Å². The molecule has 122 valence electrons. The van der Waals surface area contributed by atoms with Crippen molar-refractivity contribution < 1.29 is 14.3 Å². The number of halogens is 2. The summed E-state index contributed by atoms with van der Waals surface area (Å²) in [6.07, 6.45) is 0. The third-order valence-electron chi connectivity index (χ3n) is 3.04. The molecule has 2 aromatic carbocycles. The van der Waals surface area contributed by atoms with Gasteiger partial charge in [0.15, 0.2) is 11.5 Å². The third-order valence-corrected chi connectivity index (χ3v) is 3.59. The average Bonchev–Trinajstić information content (AvgIpc) is 2.55. The molecule has 0 unspecified atom stereocenters. The number of carbonyl (C=O) groups excluding carboxylic acids is 1. The molecule has 0 radical (unpaired) electrons. The van der Waals surface area contributed by atoms with Crippen LogP contribution in [0.5, 0.6) is 11.5 Å². The van der Waals surface area contributed by atoms with E-state index >= 15 is 0 Å². The van der Waals surface area contributed by atoms with Crippen LogP contribution in [0.2, 0.25) is 10.0 Å². The molecule has 5 nitrogen and oxygen atoms in total. The number of benzene rings is 2. The Bertz CT molecular complexity index is 708. The quantitative estimate of drug-likeness (QED) is 0.820. The van der Waals surface area contributed by atoms with Crippen molar-refractivity contribution in [3.8, 4) is 11.5 Å². The maximum Gasteiger partial charge on any atom is 0.243 e. The van der Waals surface area contributed by atoms with Gasteiger partial charge < -0.3 is 20.1 Å². The molecule has 0 saturated heterocycles. The molecule has 1 amide bonds. The van der Waals surface area contributed by atoms with Gasteiger partial charge in [-0.25, -0.2) is 0 Å². The van der Waals surface area contributed by atoms with Crippen LogP contribution in [0.4, 0.5) is 11.4 Å². The maximum atomic E-state index is 12.0. The summed E-state index contributed by atoms with van der Waals surface area (Å²) in [6, 6.07) is 10.2. The van der Waals surface area contributed by atoms with E-state index in [0.717, 1.165) is 5.69 Å². The summed E-state index contributed by atoms with van der Waals surface area (Å²) in [5.74, 6) is 0.970. The predicted molar refractivity (Wildman–Crippen MR) is 93.1 cm³/mol. The molecule has 7 heteroatoms. The standard InChI is InChI=1S/C16H16Cl2N2O3/c1-22-14-6-4-11(8-15(14)23-2)19-9-16(21)20-13-5-3-10(17)7-12(13)18/h3-8,19H,9H2,1-2H3,(H,20,21). The van der Waals surface area contributed by atoms with E-state index in [2.05, 4.69) is 10.6 Å². The minimum Gasteiger partial charge on any atom is -0.493 e. The summed E-state index contributed by atoms with van der Waals surface area (Å²) in [5, 5.41) is 6.61. The van der Waals surface area contributed by atoms with Crippen molar-refractivity contribution in [1.82, 2.24) is 0 Å². The van der Waals surface area contributed by atoms with Gasteiger partial charge in [0.1, 0.15) is 0 Å². The summed E-state index contributed by atoms with van der Waals surface area (Å²) in [6.45, 7) is 0.0778. The molecule has 0 aliphatic rings. The van der Waals surface area contributed by atoms with Gasteiger partial charge >= 0.3 is 0 Å². The molecule has 0 spiro atoms. The van der Waals surface area contributed by atoms with Gasteiger partial charge in [-0.3, -0.25) is 4.79 Å². The maximum absolute atomic E-state index is 12.0. The van der Waals surface area contributed by atoms with Gasteiger partial charge in [0.25, 0.3) is 0 Å². The number of ether oxygens (including phenoxy) is 2. The minimum atomic E-state index is -0.232. The van der Waals surface area contributed by atoms with Gasteiger partial charge in [0.2, 0.25) is 5.91 Å². The Hall–Kier alpha value is -2.11. The lowest BCUT2D eigenvalue weighted by molar-refractivity contribution is -0.114. The number of rotatable bonds is 6. The first-order chi connectivity index (χ1) is 11.0. The minimum absolute atomic E-state index is 0.0778. The highest BCUT2D eigenvalue weighted by Crippen LogP contribution is 2.29. The average molecular weight is 355 g/mol. The van der Waals surface area contributed by atoms with Gasteiger partial charge in [0.05, 0.1) is 31.5 Å². The Morgan fingerprint density at radius 1 is 1.04 bits per heavy atom. The number of methoxy groups -OCH3 is 2. The Labute approximate surface area is 144 Å². The second kappa shape index (κ2) is 7.94. The largest absolute Gasteiger partial charge is 0.493 e. The van der Waals surface area contributed by atoms with Crippen molar-refractivity contribution in [2.75, 3.05) is 31.4 Å². The number of hydrogen-bond acceptors (Lipinski definition) is 4. The fraction of sp³-hybridized carbons (Fsp3) is 0.188. The van der Waals surface area contributed by atoms with E-state index in [1.165, 1.54) is 0 Å². The molecule has 0 saturated carbocycles. The number of amides is 1. The van der Waals surface area contributed by atoms with Crippen LogP contribution in [0, 0.1) is 0 Å². The first-order valence-electron chi connectivity index (χ1n) is 6.74. The summed E-state index contributed by atoms with van der Waals surface area (Å²) < 4.78 is 10.4. The van der Waals surface area contributed by atoms with Gasteiger partial charge in [-0.2, -0.15) is 0 Å². The van der Waals surface area contributed by atoms with Crippen molar-refractivity contribution in [1.29, 1.82) is 0 Å². The van der Waals surface area contributed by atoms with Crippen LogP contribution in [-0.2, 0) is 4.79 Å². The van der Waals surface area contributed by atoms with Crippen molar-refractivity contribution in [2.24, 2.45) is 0 Å². The van der Waals surface area contributed by atoms with E-state index in [-0.39, 0.29) is 12.5 Å². The first-order valence-corrected chi connectivity index (χ1v) is 7.50. The van der Waals surface area contributed by atoms with E-state index in [1.807, 2.05) is 0 Å². The Kier molecular flexibility index (Phi) is 5.96. The summed E-state index contributed by atoms with van der Waals surface area (Å²) >= 11 is 11.8. The van der Waals surface area contributed by atoms with Crippen molar-refractivity contribution >= 4 is 40.5 Å². The molecule has 0 aliphatic carbocycles. The Morgan fingerprint density at radius 3 is 2.43 bits per heavy atom. The molecular formula is C16H16Cl2N2O3. The monoisotopic (exact) mass is 354 g/mol. The number of hydrogen-bond donors (Lipinski definition) is 2. The molecule has 0 fully saturated rings. The van der Waals surface area contributed by atoms with Crippen LogP contribution >= 0.6 is 23.2 Å². The second-order valence-corrected chi connectivity index (χ2v) is 5.44. The van der Waals surface area contributed by atoms with Crippen LogP contribution in [0.1, 0.15) is 0 Å². The first kappa shape index (κ1) is 17.2. The zero-order valence-corrected chi connectivity index (χ0v) is 14.2. The zero-order valence-electron chi connectivity index (χ0n) is 12.7. The summed E-state index contributed by atoms with van der Waals surface area (Å²) in [7, 11) is 3.12. The molecule has 0 atom stereocenters. The molecule has 0 aromatic heterocycles. The highest BCUT2D eigenvalue weighted by Gasteiger charge is 2.08. The van der Waals surface area contributed by atoms with Crippen LogP contribution < -0.4 is 20.1 Å². The second-order valence-electron chi connectivity index (χ2n) is 4.60. The molecule has 2 aromatic rings. The summed E-state index contributed by atoms with van der Waals surface area (Å²) in [4.78, 5) is 12.0. The lowest BCUT2D eigenvalue weighted by Crippen LogP contribution is -2.21. The summed E-state index contributed by atoms with van der Waals surface area (Å²) in [5.41, 5.74) is 1.25. The Morgan fingerprint density at radius 2 is 1.78 bits per heavy atom. The number of carbonyl (C=O) groups is 1. The fourth-order valence-electron chi connectivity index (χ4n) is 1.91. The van der Waals surface area contributed by atoms with E-state index in [9.17, 15) is 4.79 Å². The highest BCUT2D eigenvalue weighted by atomic mass is 35.5. The molecule has 2 N–H and O–H groups in total. The molecule has 0 aliphatic heterocycles. The predicted octanol–water partition coefficient (Wildman–Crippen LogP) is 4.06. The number of nitrogens with one attached hydrogen (secondary N) is 2. The highest BCUT2D eigenvalue weighted by molar-refractivity contribution is 6.36. The molecule has 2 rings (SSSR count). The van der Waals surface area contributed by atoms with Crippen molar-refractivity contribution in [2.45, 2.75) is 0 Å². The SMILES string of the molecule is COc1ccc(NCC(=O)Nc2ccc(Cl)cc2Cl)cc1OC.